The average molecular weight is 818 g/mol. The van der Waals surface area contributed by atoms with Gasteiger partial charge in [0.15, 0.2) is 0 Å². The maximum atomic E-state index is 12.4. The molecule has 342 valence electrons. The minimum Gasteiger partial charge on any atom is -0.466 e. The molecule has 0 aromatic rings. The third-order valence-electron chi connectivity index (χ3n) is 11.7. The van der Waals surface area contributed by atoms with E-state index in [4.69, 9.17) is 4.74 Å². The first-order valence-corrected chi connectivity index (χ1v) is 25.6. The molecule has 0 aliphatic rings. The molecule has 0 bridgehead atoms. The lowest BCUT2D eigenvalue weighted by Crippen LogP contribution is -2.45. The number of allylic oxidation sites excluding steroid dienone is 4. The number of carbonyl (C=O) groups is 2. The molecule has 0 aromatic heterocycles. The molecule has 0 fully saturated rings. The van der Waals surface area contributed by atoms with E-state index in [9.17, 15) is 19.8 Å². The van der Waals surface area contributed by atoms with E-state index in [2.05, 4.69) is 43.5 Å². The number of nitrogens with one attached hydrogen (secondary N) is 1. The van der Waals surface area contributed by atoms with Gasteiger partial charge < -0.3 is 20.3 Å². The second-order valence-electron chi connectivity index (χ2n) is 17.5. The van der Waals surface area contributed by atoms with Crippen molar-refractivity contribution in [1.82, 2.24) is 5.32 Å². The van der Waals surface area contributed by atoms with Gasteiger partial charge in [0.25, 0.3) is 0 Å². The van der Waals surface area contributed by atoms with Crippen LogP contribution in [0, 0.1) is 0 Å². The summed E-state index contributed by atoms with van der Waals surface area (Å²) in [5, 5.41) is 23.2. The van der Waals surface area contributed by atoms with Gasteiger partial charge in [-0.3, -0.25) is 9.59 Å². The van der Waals surface area contributed by atoms with Crippen LogP contribution in [0.15, 0.2) is 24.3 Å². The van der Waals surface area contributed by atoms with Gasteiger partial charge in [0.2, 0.25) is 5.91 Å². The Balaban J connectivity index is 3.55. The van der Waals surface area contributed by atoms with E-state index < -0.39 is 12.1 Å². The lowest BCUT2D eigenvalue weighted by molar-refractivity contribution is -0.143. The maximum Gasteiger partial charge on any atom is 0.305 e. The van der Waals surface area contributed by atoms with Crippen LogP contribution in [0.25, 0.3) is 0 Å². The van der Waals surface area contributed by atoms with Crippen LogP contribution in [0.4, 0.5) is 0 Å². The van der Waals surface area contributed by atoms with Gasteiger partial charge >= 0.3 is 5.97 Å². The van der Waals surface area contributed by atoms with E-state index in [0.29, 0.717) is 25.9 Å². The zero-order valence-corrected chi connectivity index (χ0v) is 38.8. The van der Waals surface area contributed by atoms with Crippen LogP contribution in [0.1, 0.15) is 271 Å². The van der Waals surface area contributed by atoms with Crippen molar-refractivity contribution in [1.29, 1.82) is 0 Å². The third-order valence-corrected chi connectivity index (χ3v) is 11.7. The van der Waals surface area contributed by atoms with Crippen LogP contribution in [0.2, 0.25) is 0 Å². The molecule has 6 nitrogen and oxygen atoms in total. The smallest absolute Gasteiger partial charge is 0.305 e. The van der Waals surface area contributed by atoms with Crippen LogP contribution in [-0.2, 0) is 14.3 Å². The number of aliphatic hydroxyl groups is 2. The molecule has 58 heavy (non-hydrogen) atoms. The lowest BCUT2D eigenvalue weighted by atomic mass is 10.0. The Kier molecular flexibility index (Phi) is 46.6. The number of carbonyl (C=O) groups excluding carboxylic acids is 2. The van der Waals surface area contributed by atoms with Crippen molar-refractivity contribution in [3.8, 4) is 0 Å². The molecule has 0 aliphatic carbocycles. The molecular formula is C52H99NO5. The SMILES string of the molecule is CCCCCC/C=C\CCCCCCCC(=O)OCCCCCC/C=C\CCCC(=O)NC(CO)C(O)CCCCCCCCCCCCCCCCCCCCC. The Morgan fingerprint density at radius 2 is 0.828 bits per heavy atom. The van der Waals surface area contributed by atoms with Crippen molar-refractivity contribution in [3.63, 3.8) is 0 Å². The van der Waals surface area contributed by atoms with E-state index in [-0.39, 0.29) is 18.5 Å². The van der Waals surface area contributed by atoms with Gasteiger partial charge in [-0.15, -0.1) is 0 Å². The average Bonchev–Trinajstić information content (AvgIpc) is 3.22. The van der Waals surface area contributed by atoms with Gasteiger partial charge in [-0.1, -0.05) is 212 Å². The standard InChI is InChI=1S/C52H99NO5/c1-3-5-7-9-11-13-15-17-18-19-20-21-22-24-25-28-32-36-40-44-50(55)49(48-54)53-51(56)45-41-37-33-29-27-31-35-39-43-47-58-52(57)46-42-38-34-30-26-23-16-14-12-10-8-6-4-2/h14,16,29,33,49-50,54-55H,3-13,15,17-28,30-32,34-48H2,1-2H3,(H,53,56)/b16-14-,33-29-. The fourth-order valence-electron chi connectivity index (χ4n) is 7.75. The van der Waals surface area contributed by atoms with Gasteiger partial charge in [-0.2, -0.15) is 0 Å². The monoisotopic (exact) mass is 818 g/mol. The molecule has 0 spiro atoms. The Morgan fingerprint density at radius 3 is 1.28 bits per heavy atom. The molecule has 2 unspecified atom stereocenters. The zero-order chi connectivity index (χ0) is 42.3. The van der Waals surface area contributed by atoms with Crippen LogP contribution >= 0.6 is 0 Å². The van der Waals surface area contributed by atoms with Crippen molar-refractivity contribution in [2.45, 2.75) is 283 Å². The second kappa shape index (κ2) is 48.0. The van der Waals surface area contributed by atoms with Gasteiger partial charge in [-0.25, -0.2) is 0 Å². The van der Waals surface area contributed by atoms with E-state index >= 15 is 0 Å². The van der Waals surface area contributed by atoms with E-state index in [1.54, 1.807) is 0 Å². The third kappa shape index (κ3) is 43.9. The summed E-state index contributed by atoms with van der Waals surface area (Å²) in [7, 11) is 0. The summed E-state index contributed by atoms with van der Waals surface area (Å²) in [6, 6.07) is -0.579. The minimum absolute atomic E-state index is 0.0447. The fourth-order valence-corrected chi connectivity index (χ4v) is 7.75. The van der Waals surface area contributed by atoms with E-state index in [0.717, 1.165) is 70.6 Å². The van der Waals surface area contributed by atoms with Crippen molar-refractivity contribution in [2.24, 2.45) is 0 Å². The van der Waals surface area contributed by atoms with Crippen LogP contribution in [0.5, 0.6) is 0 Å². The highest BCUT2D eigenvalue weighted by atomic mass is 16.5. The number of rotatable bonds is 47. The van der Waals surface area contributed by atoms with Gasteiger partial charge in [-0.05, 0) is 70.6 Å². The maximum absolute atomic E-state index is 12.4. The highest BCUT2D eigenvalue weighted by Gasteiger charge is 2.20. The molecule has 0 saturated heterocycles. The number of ether oxygens (including phenoxy) is 1. The molecule has 0 heterocycles. The van der Waals surface area contributed by atoms with Gasteiger partial charge in [0, 0.05) is 12.8 Å². The highest BCUT2D eigenvalue weighted by molar-refractivity contribution is 5.76. The molecule has 6 heteroatoms. The Morgan fingerprint density at radius 1 is 0.466 bits per heavy atom. The van der Waals surface area contributed by atoms with Crippen molar-refractivity contribution < 1.29 is 24.5 Å². The number of unbranched alkanes of at least 4 members (excludes halogenated alkanes) is 32. The number of amides is 1. The van der Waals surface area contributed by atoms with Gasteiger partial charge in [0.05, 0.1) is 25.4 Å². The van der Waals surface area contributed by atoms with Crippen molar-refractivity contribution in [2.75, 3.05) is 13.2 Å². The minimum atomic E-state index is -0.695. The number of esters is 1. The predicted octanol–water partition coefficient (Wildman–Crippen LogP) is 15.1. The predicted molar refractivity (Wildman–Crippen MR) is 250 cm³/mol. The summed E-state index contributed by atoms with van der Waals surface area (Å²) < 4.78 is 5.42. The molecule has 3 N–H and O–H groups in total. The molecular weight excluding hydrogens is 719 g/mol. The Bertz CT molecular complexity index is 904. The quantitative estimate of drug-likeness (QED) is 0.0323. The molecule has 1 amide bonds. The number of aliphatic hydroxyl groups excluding tert-OH is 2. The largest absolute Gasteiger partial charge is 0.466 e. The molecule has 0 saturated carbocycles. The van der Waals surface area contributed by atoms with E-state index in [1.807, 2.05) is 0 Å². The lowest BCUT2D eigenvalue weighted by Gasteiger charge is -2.22. The first-order chi connectivity index (χ1) is 28.5. The summed E-state index contributed by atoms with van der Waals surface area (Å²) in [6.07, 6.45) is 55.8. The molecule has 0 radical (unpaired) electrons. The highest BCUT2D eigenvalue weighted by Crippen LogP contribution is 2.16. The number of hydrogen-bond acceptors (Lipinski definition) is 5. The fraction of sp³-hybridized carbons (Fsp3) is 0.885. The van der Waals surface area contributed by atoms with Crippen LogP contribution < -0.4 is 5.32 Å². The van der Waals surface area contributed by atoms with Crippen LogP contribution in [0.3, 0.4) is 0 Å². The summed E-state index contributed by atoms with van der Waals surface area (Å²) in [5.74, 6) is -0.140. The Labute approximate surface area is 361 Å². The second-order valence-corrected chi connectivity index (χ2v) is 17.5. The molecule has 0 aliphatic heterocycles. The zero-order valence-electron chi connectivity index (χ0n) is 38.8. The van der Waals surface area contributed by atoms with Crippen molar-refractivity contribution in [3.05, 3.63) is 24.3 Å². The number of hydrogen-bond donors (Lipinski definition) is 3. The van der Waals surface area contributed by atoms with Crippen molar-refractivity contribution >= 4 is 11.9 Å². The summed E-state index contributed by atoms with van der Waals surface area (Å²) in [6.45, 7) is 4.85. The Hall–Kier alpha value is -1.66. The molecule has 0 aromatic carbocycles. The van der Waals surface area contributed by atoms with Gasteiger partial charge in [0.1, 0.15) is 0 Å². The summed E-state index contributed by atoms with van der Waals surface area (Å²) in [4.78, 5) is 24.4. The summed E-state index contributed by atoms with van der Waals surface area (Å²) >= 11 is 0. The molecule has 2 atom stereocenters. The first kappa shape index (κ1) is 56.3. The van der Waals surface area contributed by atoms with E-state index in [1.165, 1.54) is 167 Å². The molecule has 0 rings (SSSR count). The summed E-state index contributed by atoms with van der Waals surface area (Å²) in [5.41, 5.74) is 0. The first-order valence-electron chi connectivity index (χ1n) is 25.6. The van der Waals surface area contributed by atoms with Crippen LogP contribution in [-0.4, -0.2) is 47.4 Å². The normalized spacial score (nSPS) is 12.8. The topological polar surface area (TPSA) is 95.9 Å².